The van der Waals surface area contributed by atoms with Gasteiger partial charge in [0, 0.05) is 0 Å². The van der Waals surface area contributed by atoms with Crippen molar-refractivity contribution in [2.75, 3.05) is 0 Å². The van der Waals surface area contributed by atoms with Crippen LogP contribution in [0.4, 0.5) is 8.78 Å². The van der Waals surface area contributed by atoms with Crippen LogP contribution in [0.15, 0.2) is 46.0 Å². The van der Waals surface area contributed by atoms with E-state index in [0.29, 0.717) is 10.4 Å². The maximum Gasteiger partial charge on any atom is 0.349 e. The van der Waals surface area contributed by atoms with E-state index < -0.39 is 23.4 Å². The Morgan fingerprint density at radius 2 is 1.70 bits per heavy atom. The van der Waals surface area contributed by atoms with E-state index in [1.165, 1.54) is 36.4 Å². The van der Waals surface area contributed by atoms with E-state index in [0.717, 1.165) is 0 Å². The molecule has 0 atom stereocenters. The van der Waals surface area contributed by atoms with Crippen molar-refractivity contribution in [3.63, 3.8) is 0 Å². The zero-order valence-electron chi connectivity index (χ0n) is 13.1. The molecule has 0 aliphatic heterocycles. The topological polar surface area (TPSA) is 97.2 Å². The Labute approximate surface area is 159 Å². The molecular formula is C16H9Cl2F2N3O4. The number of rotatable bonds is 4. The molecule has 0 amide bonds. The minimum Gasteiger partial charge on any atom is -0.508 e. The fraction of sp³-hybridized carbons (Fsp3) is 0.0625. The van der Waals surface area contributed by atoms with Crippen molar-refractivity contribution in [2.24, 2.45) is 0 Å². The number of H-pyrrole nitrogens is 1. The number of aromatic hydroxyl groups is 1. The highest BCUT2D eigenvalue weighted by Gasteiger charge is 2.19. The van der Waals surface area contributed by atoms with Crippen LogP contribution in [0, 0.1) is 0 Å². The number of hydrogen-bond acceptors (Lipinski definition) is 5. The standard InChI is InChI=1S/C16H9Cl2F2N3O4/c17-10-5-7(23-16(26)21-15(25)12(22-23)14(19)20)6-11(18)13(10)27-9-3-1-8(24)2-4-9/h1-6,14,24H,(H,21,25,26). The maximum atomic E-state index is 12.9. The second-order valence-corrected chi connectivity index (χ2v) is 6.01. The summed E-state index contributed by atoms with van der Waals surface area (Å²) in [5, 5.41) is 12.6. The molecule has 1 aromatic heterocycles. The van der Waals surface area contributed by atoms with E-state index in [1.807, 2.05) is 0 Å². The molecule has 0 fully saturated rings. The van der Waals surface area contributed by atoms with Crippen molar-refractivity contribution in [1.82, 2.24) is 14.8 Å². The Morgan fingerprint density at radius 3 is 2.26 bits per heavy atom. The molecule has 2 N–H and O–H groups in total. The molecule has 27 heavy (non-hydrogen) atoms. The molecule has 2 aromatic carbocycles. The van der Waals surface area contributed by atoms with Crippen molar-refractivity contribution >= 4 is 23.2 Å². The van der Waals surface area contributed by atoms with Crippen LogP contribution in [-0.2, 0) is 0 Å². The minimum absolute atomic E-state index is 0.0354. The zero-order valence-corrected chi connectivity index (χ0v) is 14.6. The normalized spacial score (nSPS) is 11.0. The fourth-order valence-corrected chi connectivity index (χ4v) is 2.68. The van der Waals surface area contributed by atoms with Gasteiger partial charge in [-0.25, -0.2) is 13.6 Å². The first-order valence-electron chi connectivity index (χ1n) is 7.24. The van der Waals surface area contributed by atoms with Crippen LogP contribution in [0.1, 0.15) is 12.1 Å². The number of halogens is 4. The van der Waals surface area contributed by atoms with Crippen molar-refractivity contribution in [3.8, 4) is 22.9 Å². The highest BCUT2D eigenvalue weighted by molar-refractivity contribution is 6.37. The molecule has 1 heterocycles. The Hall–Kier alpha value is -2.91. The summed E-state index contributed by atoms with van der Waals surface area (Å²) >= 11 is 12.3. The molecule has 0 aliphatic carbocycles. The number of nitrogens with one attached hydrogen (secondary N) is 1. The number of phenolic OH excluding ortho intramolecular Hbond substituents is 1. The van der Waals surface area contributed by atoms with Gasteiger partial charge in [0.15, 0.2) is 11.4 Å². The van der Waals surface area contributed by atoms with Crippen molar-refractivity contribution in [2.45, 2.75) is 6.43 Å². The number of nitrogens with zero attached hydrogens (tertiary/aromatic N) is 2. The van der Waals surface area contributed by atoms with Crippen LogP contribution in [0.2, 0.25) is 10.0 Å². The third-order valence-corrected chi connectivity index (χ3v) is 3.91. The number of ether oxygens (including phenoxy) is 1. The van der Waals surface area contributed by atoms with E-state index in [-0.39, 0.29) is 27.2 Å². The SMILES string of the molecule is O=c1[nH]c(=O)n(-c2cc(Cl)c(Oc3ccc(O)cc3)c(Cl)c2)nc1C(F)F. The molecule has 11 heteroatoms. The van der Waals surface area contributed by atoms with Gasteiger partial charge in [-0.1, -0.05) is 23.2 Å². The Kier molecular flexibility index (Phi) is 5.15. The monoisotopic (exact) mass is 415 g/mol. The summed E-state index contributed by atoms with van der Waals surface area (Å²) < 4.78 is 31.8. The molecule has 0 unspecified atom stereocenters. The number of aromatic amines is 1. The number of alkyl halides is 2. The quantitative estimate of drug-likeness (QED) is 0.677. The average molecular weight is 416 g/mol. The number of hydrogen-bond donors (Lipinski definition) is 2. The highest BCUT2D eigenvalue weighted by atomic mass is 35.5. The second-order valence-electron chi connectivity index (χ2n) is 5.19. The third-order valence-electron chi connectivity index (χ3n) is 3.34. The summed E-state index contributed by atoms with van der Waals surface area (Å²) in [6.07, 6.45) is -3.18. The molecule has 0 saturated carbocycles. The van der Waals surface area contributed by atoms with Crippen molar-refractivity contribution in [1.29, 1.82) is 0 Å². The van der Waals surface area contributed by atoms with Crippen LogP contribution < -0.4 is 16.0 Å². The van der Waals surface area contributed by atoms with Crippen LogP contribution in [0.3, 0.4) is 0 Å². The van der Waals surface area contributed by atoms with E-state index in [1.54, 1.807) is 4.98 Å². The summed E-state index contributed by atoms with van der Waals surface area (Å²) in [6, 6.07) is 8.15. The Morgan fingerprint density at radius 1 is 1.11 bits per heavy atom. The van der Waals surface area contributed by atoms with Crippen molar-refractivity contribution < 1.29 is 18.6 Å². The zero-order chi connectivity index (χ0) is 19.7. The van der Waals surface area contributed by atoms with Crippen molar-refractivity contribution in [3.05, 3.63) is 73.0 Å². The first-order valence-corrected chi connectivity index (χ1v) is 8.00. The van der Waals surface area contributed by atoms with Crippen LogP contribution >= 0.6 is 23.2 Å². The summed E-state index contributed by atoms with van der Waals surface area (Å²) in [4.78, 5) is 25.0. The maximum absolute atomic E-state index is 12.9. The molecule has 7 nitrogen and oxygen atoms in total. The van der Waals surface area contributed by atoms with Gasteiger partial charge in [0.25, 0.3) is 12.0 Å². The molecule has 0 radical (unpaired) electrons. The first kappa shape index (κ1) is 18.9. The van der Waals surface area contributed by atoms with Gasteiger partial charge in [-0.2, -0.15) is 9.78 Å². The van der Waals surface area contributed by atoms with Gasteiger partial charge in [-0.15, -0.1) is 0 Å². The van der Waals surface area contributed by atoms with Crippen LogP contribution in [-0.4, -0.2) is 19.9 Å². The van der Waals surface area contributed by atoms with Crippen LogP contribution in [0.5, 0.6) is 17.2 Å². The minimum atomic E-state index is -3.18. The largest absolute Gasteiger partial charge is 0.508 e. The fourth-order valence-electron chi connectivity index (χ4n) is 2.13. The summed E-state index contributed by atoms with van der Waals surface area (Å²) in [6.45, 7) is 0. The first-order chi connectivity index (χ1) is 12.8. The summed E-state index contributed by atoms with van der Waals surface area (Å²) in [5.74, 6) is 0.399. The highest BCUT2D eigenvalue weighted by Crippen LogP contribution is 2.38. The van der Waals surface area contributed by atoms with E-state index in [4.69, 9.17) is 27.9 Å². The van der Waals surface area contributed by atoms with E-state index >= 15 is 0 Å². The predicted molar refractivity (Wildman–Crippen MR) is 93.6 cm³/mol. The number of phenols is 1. The van der Waals surface area contributed by atoms with E-state index in [9.17, 15) is 23.5 Å². The average Bonchev–Trinajstić information content (AvgIpc) is 2.59. The lowest BCUT2D eigenvalue weighted by molar-refractivity contribution is 0.141. The van der Waals surface area contributed by atoms with Gasteiger partial charge in [-0.3, -0.25) is 9.78 Å². The smallest absolute Gasteiger partial charge is 0.349 e. The van der Waals surface area contributed by atoms with Gasteiger partial charge >= 0.3 is 5.69 Å². The lowest BCUT2D eigenvalue weighted by Crippen LogP contribution is -2.34. The summed E-state index contributed by atoms with van der Waals surface area (Å²) in [7, 11) is 0. The molecule has 0 spiro atoms. The molecule has 140 valence electrons. The summed E-state index contributed by atoms with van der Waals surface area (Å²) in [5.41, 5.74) is -3.49. The Balaban J connectivity index is 2.05. The molecule has 3 aromatic rings. The molecule has 0 saturated heterocycles. The van der Waals surface area contributed by atoms with Crippen LogP contribution in [0.25, 0.3) is 5.69 Å². The molecular weight excluding hydrogens is 407 g/mol. The van der Waals surface area contributed by atoms with Gasteiger partial charge in [-0.05, 0) is 36.4 Å². The molecule has 0 bridgehead atoms. The lowest BCUT2D eigenvalue weighted by atomic mass is 10.3. The van der Waals surface area contributed by atoms with Gasteiger partial charge in [0.1, 0.15) is 11.5 Å². The van der Waals surface area contributed by atoms with Gasteiger partial charge < -0.3 is 9.84 Å². The Bertz CT molecular complexity index is 1090. The lowest BCUT2D eigenvalue weighted by Gasteiger charge is -2.12. The number of aromatic nitrogens is 3. The molecule has 3 rings (SSSR count). The number of benzene rings is 2. The van der Waals surface area contributed by atoms with Gasteiger partial charge in [0.05, 0.1) is 15.7 Å². The van der Waals surface area contributed by atoms with Gasteiger partial charge in [0.2, 0.25) is 0 Å². The molecule has 0 aliphatic rings. The third kappa shape index (κ3) is 3.93. The van der Waals surface area contributed by atoms with E-state index in [2.05, 4.69) is 5.10 Å². The second kappa shape index (κ2) is 7.37. The predicted octanol–water partition coefficient (Wildman–Crippen LogP) is 3.66.